The molecule has 0 radical (unpaired) electrons. The number of nitrogens with zero attached hydrogens (tertiary/aromatic N) is 1. The van der Waals surface area contributed by atoms with Gasteiger partial charge < -0.3 is 9.30 Å². The topological polar surface area (TPSA) is 48.3 Å². The van der Waals surface area contributed by atoms with Crippen LogP contribution < -0.4 is 5.43 Å². The predicted molar refractivity (Wildman–Crippen MR) is 82.2 cm³/mol. The fourth-order valence-electron chi connectivity index (χ4n) is 2.59. The van der Waals surface area contributed by atoms with Crippen molar-refractivity contribution < 1.29 is 9.53 Å². The Labute approximate surface area is 127 Å². The second-order valence-corrected chi connectivity index (χ2v) is 5.71. The molecule has 2 aromatic rings. The Morgan fingerprint density at radius 2 is 2.14 bits per heavy atom. The molecule has 1 aliphatic rings. The number of hydrogen-bond acceptors (Lipinski definition) is 3. The maximum atomic E-state index is 12.5. The number of benzene rings is 1. The molecule has 0 atom stereocenters. The monoisotopic (exact) mass is 305 g/mol. The van der Waals surface area contributed by atoms with Crippen molar-refractivity contribution >= 4 is 28.5 Å². The van der Waals surface area contributed by atoms with Gasteiger partial charge in [0.1, 0.15) is 5.56 Å². The fourth-order valence-corrected chi connectivity index (χ4v) is 2.75. The van der Waals surface area contributed by atoms with E-state index in [9.17, 15) is 9.59 Å². The van der Waals surface area contributed by atoms with Gasteiger partial charge in [0, 0.05) is 22.6 Å². The van der Waals surface area contributed by atoms with E-state index in [4.69, 9.17) is 16.3 Å². The van der Waals surface area contributed by atoms with Crippen molar-refractivity contribution in [2.75, 3.05) is 6.61 Å². The number of halogens is 1. The smallest absolute Gasteiger partial charge is 0.343 e. The lowest BCUT2D eigenvalue weighted by Crippen LogP contribution is -2.21. The van der Waals surface area contributed by atoms with E-state index in [1.165, 1.54) is 0 Å². The first kappa shape index (κ1) is 14.1. The number of ether oxygens (including phenoxy) is 1. The molecule has 0 aliphatic heterocycles. The summed E-state index contributed by atoms with van der Waals surface area (Å²) in [6, 6.07) is 3.72. The highest BCUT2D eigenvalue weighted by Gasteiger charge is 2.28. The van der Waals surface area contributed by atoms with Gasteiger partial charge in [0.2, 0.25) is 5.43 Å². The van der Waals surface area contributed by atoms with Gasteiger partial charge in [-0.15, -0.1) is 0 Å². The third kappa shape index (κ3) is 2.33. The average Bonchev–Trinajstić information content (AvgIpc) is 3.28. The first-order valence-corrected chi connectivity index (χ1v) is 7.43. The van der Waals surface area contributed by atoms with E-state index in [0.717, 1.165) is 23.9 Å². The summed E-state index contributed by atoms with van der Waals surface area (Å²) in [6.45, 7) is 3.87. The molecule has 21 heavy (non-hydrogen) atoms. The van der Waals surface area contributed by atoms with Gasteiger partial charge in [-0.1, -0.05) is 11.6 Å². The molecule has 1 aromatic heterocycles. The number of aromatic nitrogens is 1. The third-order valence-electron chi connectivity index (χ3n) is 3.82. The third-order valence-corrected chi connectivity index (χ3v) is 4.23. The van der Waals surface area contributed by atoms with Crippen molar-refractivity contribution in [3.63, 3.8) is 0 Å². The van der Waals surface area contributed by atoms with Gasteiger partial charge in [-0.05, 0) is 44.4 Å². The Morgan fingerprint density at radius 3 is 2.76 bits per heavy atom. The standard InChI is InChI=1S/C16H16ClNO3/c1-3-21-16(20)12-8-18(10-4-5-10)14-9(2)13(17)7-6-11(14)15(12)19/h6-8,10H,3-5H2,1-2H3. The molecule has 1 aromatic carbocycles. The molecule has 5 heteroatoms. The van der Waals surface area contributed by atoms with Crippen LogP contribution in [0.25, 0.3) is 10.9 Å². The molecular formula is C16H16ClNO3. The number of carbonyl (C=O) groups is 1. The van der Waals surface area contributed by atoms with E-state index in [2.05, 4.69) is 0 Å². The van der Waals surface area contributed by atoms with Crippen molar-refractivity contribution in [3.8, 4) is 0 Å². The molecule has 1 aliphatic carbocycles. The van der Waals surface area contributed by atoms with Gasteiger partial charge in [-0.25, -0.2) is 4.79 Å². The highest BCUT2D eigenvalue weighted by molar-refractivity contribution is 6.32. The van der Waals surface area contributed by atoms with Crippen LogP contribution in [0.1, 0.15) is 41.7 Å². The number of pyridine rings is 1. The van der Waals surface area contributed by atoms with Crippen LogP contribution in [0.3, 0.4) is 0 Å². The van der Waals surface area contributed by atoms with Crippen molar-refractivity contribution in [1.82, 2.24) is 4.57 Å². The minimum atomic E-state index is -0.564. The maximum absolute atomic E-state index is 12.5. The molecule has 1 saturated carbocycles. The SMILES string of the molecule is CCOC(=O)c1cn(C2CC2)c2c(C)c(Cl)ccc2c1=O. The summed E-state index contributed by atoms with van der Waals surface area (Å²) < 4.78 is 6.99. The van der Waals surface area contributed by atoms with Crippen LogP contribution in [0, 0.1) is 6.92 Å². The van der Waals surface area contributed by atoms with Gasteiger partial charge in [-0.2, -0.15) is 0 Å². The second kappa shape index (κ2) is 5.19. The van der Waals surface area contributed by atoms with Crippen molar-refractivity contribution in [1.29, 1.82) is 0 Å². The Hall–Kier alpha value is -1.81. The number of rotatable bonds is 3. The Bertz CT molecular complexity index is 790. The quantitative estimate of drug-likeness (QED) is 0.816. The highest BCUT2D eigenvalue weighted by atomic mass is 35.5. The Balaban J connectivity index is 2.34. The summed E-state index contributed by atoms with van der Waals surface area (Å²) in [5.41, 5.74) is 1.50. The van der Waals surface area contributed by atoms with Crippen LogP contribution in [0.15, 0.2) is 23.1 Å². The molecule has 1 heterocycles. The lowest BCUT2D eigenvalue weighted by Gasteiger charge is -2.15. The molecule has 0 spiro atoms. The van der Waals surface area contributed by atoms with Crippen LogP contribution in [-0.4, -0.2) is 17.1 Å². The molecule has 0 unspecified atom stereocenters. The molecule has 110 valence electrons. The van der Waals surface area contributed by atoms with E-state index >= 15 is 0 Å². The van der Waals surface area contributed by atoms with Crippen LogP contribution in [0.2, 0.25) is 5.02 Å². The van der Waals surface area contributed by atoms with Crippen LogP contribution in [-0.2, 0) is 4.74 Å². The number of esters is 1. The molecular weight excluding hydrogens is 290 g/mol. The molecule has 1 fully saturated rings. The second-order valence-electron chi connectivity index (χ2n) is 5.30. The molecule has 0 bridgehead atoms. The van der Waals surface area contributed by atoms with Gasteiger partial charge in [0.05, 0.1) is 12.1 Å². The van der Waals surface area contributed by atoms with Gasteiger partial charge in [0.25, 0.3) is 0 Å². The predicted octanol–water partition coefficient (Wildman–Crippen LogP) is 3.47. The van der Waals surface area contributed by atoms with Crippen molar-refractivity contribution in [2.24, 2.45) is 0 Å². The van der Waals surface area contributed by atoms with Crippen LogP contribution in [0.5, 0.6) is 0 Å². The summed E-state index contributed by atoms with van der Waals surface area (Å²) in [7, 11) is 0. The Kier molecular flexibility index (Phi) is 3.49. The summed E-state index contributed by atoms with van der Waals surface area (Å²) in [5.74, 6) is -0.564. The molecule has 3 rings (SSSR count). The van der Waals surface area contributed by atoms with E-state index in [1.807, 2.05) is 11.5 Å². The molecule has 4 nitrogen and oxygen atoms in total. The lowest BCUT2D eigenvalue weighted by molar-refractivity contribution is 0.0524. The minimum absolute atomic E-state index is 0.0953. The number of fused-ring (bicyclic) bond motifs is 1. The summed E-state index contributed by atoms with van der Waals surface area (Å²) in [6.07, 6.45) is 3.72. The Morgan fingerprint density at radius 1 is 1.43 bits per heavy atom. The largest absolute Gasteiger partial charge is 0.462 e. The van der Waals surface area contributed by atoms with E-state index in [-0.39, 0.29) is 17.6 Å². The van der Waals surface area contributed by atoms with E-state index in [1.54, 1.807) is 25.3 Å². The summed E-state index contributed by atoms with van der Waals surface area (Å²) in [4.78, 5) is 24.5. The highest BCUT2D eigenvalue weighted by Crippen LogP contribution is 2.38. The summed E-state index contributed by atoms with van der Waals surface area (Å²) in [5, 5.41) is 1.15. The first-order chi connectivity index (χ1) is 10.0. The zero-order valence-corrected chi connectivity index (χ0v) is 12.7. The zero-order chi connectivity index (χ0) is 15.1. The summed E-state index contributed by atoms with van der Waals surface area (Å²) >= 11 is 6.18. The number of aryl methyl sites for hydroxylation is 1. The van der Waals surface area contributed by atoms with Crippen LogP contribution in [0.4, 0.5) is 0 Å². The van der Waals surface area contributed by atoms with E-state index < -0.39 is 5.97 Å². The van der Waals surface area contributed by atoms with E-state index in [0.29, 0.717) is 16.5 Å². The van der Waals surface area contributed by atoms with Gasteiger partial charge in [-0.3, -0.25) is 4.79 Å². The normalized spacial score (nSPS) is 14.4. The first-order valence-electron chi connectivity index (χ1n) is 7.05. The molecule has 0 N–H and O–H groups in total. The number of carbonyl (C=O) groups excluding carboxylic acids is 1. The number of hydrogen-bond donors (Lipinski definition) is 0. The van der Waals surface area contributed by atoms with Crippen molar-refractivity contribution in [2.45, 2.75) is 32.7 Å². The lowest BCUT2D eigenvalue weighted by atomic mass is 10.1. The van der Waals surface area contributed by atoms with Gasteiger partial charge in [0.15, 0.2) is 0 Å². The molecule has 0 amide bonds. The minimum Gasteiger partial charge on any atom is -0.462 e. The molecule has 0 saturated heterocycles. The maximum Gasteiger partial charge on any atom is 0.343 e. The average molecular weight is 306 g/mol. The van der Waals surface area contributed by atoms with Gasteiger partial charge >= 0.3 is 5.97 Å². The zero-order valence-electron chi connectivity index (χ0n) is 12.0. The van der Waals surface area contributed by atoms with Crippen LogP contribution >= 0.6 is 11.6 Å². The van der Waals surface area contributed by atoms with Crippen molar-refractivity contribution in [3.05, 3.63) is 44.7 Å². The fraction of sp³-hybridized carbons (Fsp3) is 0.375.